The van der Waals surface area contributed by atoms with E-state index in [1.807, 2.05) is 17.5 Å². The van der Waals surface area contributed by atoms with Gasteiger partial charge >= 0.3 is 0 Å². The maximum Gasteiger partial charge on any atom is 0.257 e. The number of nitrogens with one attached hydrogen (secondary N) is 2. The van der Waals surface area contributed by atoms with Crippen LogP contribution in [0.3, 0.4) is 0 Å². The van der Waals surface area contributed by atoms with Crippen LogP contribution >= 0.6 is 46.0 Å². The van der Waals surface area contributed by atoms with E-state index in [1.54, 1.807) is 35.6 Å². The summed E-state index contributed by atoms with van der Waals surface area (Å²) in [6.07, 6.45) is 0. The van der Waals surface area contributed by atoms with E-state index in [1.165, 1.54) is 23.1 Å². The summed E-state index contributed by atoms with van der Waals surface area (Å²) in [5.41, 5.74) is 0.478. The fraction of sp³-hybridized carbons (Fsp3) is 0.125. The third kappa shape index (κ3) is 5.53. The molecule has 0 saturated heterocycles. The minimum atomic E-state index is -0.289. The monoisotopic (exact) mass is 424 g/mol. The van der Waals surface area contributed by atoms with Crippen LogP contribution in [0.2, 0.25) is 5.02 Å². The normalized spacial score (nSPS) is 10.5. The van der Waals surface area contributed by atoms with Crippen molar-refractivity contribution in [3.8, 4) is 0 Å². The molecule has 0 aliphatic heterocycles. The Morgan fingerprint density at radius 3 is 2.69 bits per heavy atom. The molecule has 10 heteroatoms. The van der Waals surface area contributed by atoms with Crippen LogP contribution in [0.15, 0.2) is 46.1 Å². The first kappa shape index (κ1) is 18.8. The number of halogens is 1. The molecule has 3 aromatic rings. The van der Waals surface area contributed by atoms with Crippen LogP contribution in [-0.4, -0.2) is 27.8 Å². The van der Waals surface area contributed by atoms with Gasteiger partial charge in [0.2, 0.25) is 11.0 Å². The highest BCUT2D eigenvalue weighted by Crippen LogP contribution is 2.25. The van der Waals surface area contributed by atoms with Crippen molar-refractivity contribution in [2.45, 2.75) is 10.9 Å². The van der Waals surface area contributed by atoms with Crippen molar-refractivity contribution in [1.82, 2.24) is 15.5 Å². The average Bonchev–Trinajstić information content (AvgIpc) is 3.30. The molecule has 0 bridgehead atoms. The summed E-state index contributed by atoms with van der Waals surface area (Å²) in [5.74, 6) is -0.126. The summed E-state index contributed by atoms with van der Waals surface area (Å²) in [6.45, 7) is 0.523. The Balaban J connectivity index is 1.46. The largest absolute Gasteiger partial charge is 0.350 e. The highest BCUT2D eigenvalue weighted by atomic mass is 35.5. The summed E-state index contributed by atoms with van der Waals surface area (Å²) in [7, 11) is 0. The van der Waals surface area contributed by atoms with E-state index < -0.39 is 0 Å². The topological polar surface area (TPSA) is 84.0 Å². The summed E-state index contributed by atoms with van der Waals surface area (Å²) in [4.78, 5) is 25.1. The number of carbonyl (C=O) groups is 2. The van der Waals surface area contributed by atoms with Gasteiger partial charge in [0.05, 0.1) is 12.3 Å². The number of anilines is 1. The Kier molecular flexibility index (Phi) is 6.62. The molecule has 0 spiro atoms. The van der Waals surface area contributed by atoms with Gasteiger partial charge in [0.1, 0.15) is 0 Å². The smallest absolute Gasteiger partial charge is 0.257 e. The van der Waals surface area contributed by atoms with Crippen LogP contribution in [-0.2, 0) is 11.3 Å². The van der Waals surface area contributed by atoms with E-state index in [0.717, 1.165) is 4.88 Å². The first-order valence-corrected chi connectivity index (χ1v) is 10.5. The third-order valence-corrected chi connectivity index (χ3v) is 6.20. The minimum absolute atomic E-state index is 0.0784. The number of thiophene rings is 1. The Morgan fingerprint density at radius 1 is 1.15 bits per heavy atom. The lowest BCUT2D eigenvalue weighted by atomic mass is 10.2. The summed E-state index contributed by atoms with van der Waals surface area (Å²) in [6, 6.07) is 10.5. The molecule has 134 valence electrons. The molecule has 3 rings (SSSR count). The first-order chi connectivity index (χ1) is 12.6. The van der Waals surface area contributed by atoms with Crippen molar-refractivity contribution >= 4 is 63.0 Å². The number of carbonyl (C=O) groups excluding carboxylic acids is 2. The van der Waals surface area contributed by atoms with Gasteiger partial charge in [-0.05, 0) is 35.7 Å². The molecule has 1 aromatic carbocycles. The number of amides is 2. The van der Waals surface area contributed by atoms with Crippen molar-refractivity contribution in [3.63, 3.8) is 0 Å². The maximum absolute atomic E-state index is 12.1. The molecule has 26 heavy (non-hydrogen) atoms. The lowest BCUT2D eigenvalue weighted by Gasteiger charge is -2.02. The van der Waals surface area contributed by atoms with E-state index in [-0.39, 0.29) is 17.6 Å². The fourth-order valence-corrected chi connectivity index (χ4v) is 4.21. The Bertz CT molecular complexity index is 881. The SMILES string of the molecule is O=C(CSc1nnc(NC(=O)c2ccc(Cl)cc2)s1)NCc1cccs1. The first-order valence-electron chi connectivity index (χ1n) is 7.42. The molecular formula is C16H13ClN4O2S3. The van der Waals surface area contributed by atoms with Crippen LogP contribution in [0.4, 0.5) is 5.13 Å². The zero-order valence-corrected chi connectivity index (χ0v) is 16.5. The number of thioether (sulfide) groups is 1. The molecular weight excluding hydrogens is 412 g/mol. The van der Waals surface area contributed by atoms with Gasteiger partial charge in [-0.1, -0.05) is 40.8 Å². The van der Waals surface area contributed by atoms with Gasteiger partial charge in [0.25, 0.3) is 5.91 Å². The molecule has 0 atom stereocenters. The molecule has 0 fully saturated rings. The number of hydrogen-bond donors (Lipinski definition) is 2. The van der Waals surface area contributed by atoms with Crippen LogP contribution in [0.25, 0.3) is 0 Å². The Hall–Kier alpha value is -1.94. The van der Waals surface area contributed by atoms with Crippen LogP contribution in [0, 0.1) is 0 Å². The average molecular weight is 425 g/mol. The molecule has 2 amide bonds. The van der Waals surface area contributed by atoms with Crippen LogP contribution in [0.5, 0.6) is 0 Å². The highest BCUT2D eigenvalue weighted by Gasteiger charge is 2.12. The second kappa shape index (κ2) is 9.13. The standard InChI is InChI=1S/C16H13ClN4O2S3/c17-11-5-3-10(4-6-11)14(23)19-15-20-21-16(26-15)25-9-13(22)18-8-12-2-1-7-24-12/h1-7H,8-9H2,(H,18,22)(H,19,20,23). The van der Waals surface area contributed by atoms with Crippen molar-refractivity contribution in [1.29, 1.82) is 0 Å². The lowest BCUT2D eigenvalue weighted by molar-refractivity contribution is -0.118. The quantitative estimate of drug-likeness (QED) is 0.443. The number of rotatable bonds is 7. The molecule has 6 nitrogen and oxygen atoms in total. The molecule has 2 aromatic heterocycles. The Morgan fingerprint density at radius 2 is 1.96 bits per heavy atom. The second-order valence-electron chi connectivity index (χ2n) is 4.98. The van der Waals surface area contributed by atoms with Crippen molar-refractivity contribution in [2.24, 2.45) is 0 Å². The lowest BCUT2D eigenvalue weighted by Crippen LogP contribution is -2.24. The van der Waals surface area contributed by atoms with Crippen molar-refractivity contribution in [3.05, 3.63) is 57.2 Å². The second-order valence-corrected chi connectivity index (χ2v) is 8.65. The van der Waals surface area contributed by atoms with Gasteiger partial charge in [-0.25, -0.2) is 0 Å². The van der Waals surface area contributed by atoms with Gasteiger partial charge in [-0.15, -0.1) is 21.5 Å². The fourth-order valence-electron chi connectivity index (χ4n) is 1.87. The van der Waals surface area contributed by atoms with E-state index in [0.29, 0.717) is 26.6 Å². The Labute approximate surface area is 167 Å². The van der Waals surface area contributed by atoms with E-state index in [9.17, 15) is 9.59 Å². The van der Waals surface area contributed by atoms with Gasteiger partial charge in [0, 0.05) is 15.5 Å². The van der Waals surface area contributed by atoms with Gasteiger partial charge < -0.3 is 5.32 Å². The maximum atomic E-state index is 12.1. The predicted octanol–water partition coefficient (Wildman–Crippen LogP) is 3.91. The minimum Gasteiger partial charge on any atom is -0.350 e. The van der Waals surface area contributed by atoms with Crippen LogP contribution in [0.1, 0.15) is 15.2 Å². The molecule has 0 radical (unpaired) electrons. The summed E-state index contributed by atoms with van der Waals surface area (Å²) < 4.78 is 0.614. The molecule has 2 heterocycles. The number of nitrogens with zero attached hydrogens (tertiary/aromatic N) is 2. The third-order valence-electron chi connectivity index (χ3n) is 3.10. The van der Waals surface area contributed by atoms with E-state index >= 15 is 0 Å². The molecule has 0 saturated carbocycles. The zero-order valence-electron chi connectivity index (χ0n) is 13.3. The molecule has 2 N–H and O–H groups in total. The predicted molar refractivity (Wildman–Crippen MR) is 106 cm³/mol. The zero-order chi connectivity index (χ0) is 18.4. The molecule has 0 aliphatic carbocycles. The summed E-state index contributed by atoms with van der Waals surface area (Å²) in [5, 5.41) is 16.3. The number of aromatic nitrogens is 2. The summed E-state index contributed by atoms with van der Waals surface area (Å²) >= 11 is 9.90. The number of hydrogen-bond acceptors (Lipinski definition) is 7. The van der Waals surface area contributed by atoms with Crippen molar-refractivity contribution < 1.29 is 9.59 Å². The van der Waals surface area contributed by atoms with E-state index in [2.05, 4.69) is 20.8 Å². The van der Waals surface area contributed by atoms with Crippen LogP contribution < -0.4 is 10.6 Å². The van der Waals surface area contributed by atoms with Gasteiger partial charge in [0.15, 0.2) is 4.34 Å². The van der Waals surface area contributed by atoms with Gasteiger partial charge in [-0.2, -0.15) is 0 Å². The highest BCUT2D eigenvalue weighted by molar-refractivity contribution is 8.01. The van der Waals surface area contributed by atoms with Gasteiger partial charge in [-0.3, -0.25) is 14.9 Å². The van der Waals surface area contributed by atoms with E-state index in [4.69, 9.17) is 11.6 Å². The number of benzene rings is 1. The molecule has 0 unspecified atom stereocenters. The molecule has 0 aliphatic rings. The van der Waals surface area contributed by atoms with Crippen molar-refractivity contribution in [2.75, 3.05) is 11.1 Å².